The molecule has 2 aliphatic rings. The summed E-state index contributed by atoms with van der Waals surface area (Å²) in [6.07, 6.45) is 2.90. The maximum absolute atomic E-state index is 11.5. The number of hydrogen-bond donors (Lipinski definition) is 1. The number of ketones is 1. The van der Waals surface area contributed by atoms with Gasteiger partial charge in [0.1, 0.15) is 5.75 Å². The standard InChI is InChI=1S/C12H13NO2.ClH/c13-9-2-1-7-4-10-11(14)6-15-12(10)5-8(7)3-9;/h4-5,9H,1-3,6,13H2;1H. The molecule has 86 valence electrons. The van der Waals surface area contributed by atoms with Crippen LogP contribution in [0.2, 0.25) is 0 Å². The maximum Gasteiger partial charge on any atom is 0.203 e. The average Bonchev–Trinajstić information content (AvgIpc) is 2.57. The molecule has 0 radical (unpaired) electrons. The van der Waals surface area contributed by atoms with Crippen molar-refractivity contribution in [1.29, 1.82) is 0 Å². The van der Waals surface area contributed by atoms with Gasteiger partial charge in [-0.1, -0.05) is 0 Å². The van der Waals surface area contributed by atoms with Crippen molar-refractivity contribution in [1.82, 2.24) is 0 Å². The fraction of sp³-hybridized carbons (Fsp3) is 0.417. The molecule has 1 aliphatic carbocycles. The Labute approximate surface area is 100 Å². The Morgan fingerprint density at radius 3 is 2.94 bits per heavy atom. The zero-order valence-corrected chi connectivity index (χ0v) is 9.68. The minimum absolute atomic E-state index is 0. The van der Waals surface area contributed by atoms with Gasteiger partial charge in [-0.25, -0.2) is 0 Å². The Hall–Kier alpha value is -1.06. The highest BCUT2D eigenvalue weighted by atomic mass is 35.5. The number of ether oxygens (including phenoxy) is 1. The van der Waals surface area contributed by atoms with Crippen LogP contribution in [0.5, 0.6) is 5.75 Å². The first kappa shape index (κ1) is 11.4. The molecule has 1 aromatic carbocycles. The van der Waals surface area contributed by atoms with E-state index in [1.807, 2.05) is 12.1 Å². The number of nitrogens with two attached hydrogens (primary N) is 1. The van der Waals surface area contributed by atoms with E-state index in [-0.39, 0.29) is 30.8 Å². The number of benzene rings is 1. The molecule has 4 heteroatoms. The predicted octanol–water partition coefficient (Wildman–Crippen LogP) is 1.50. The van der Waals surface area contributed by atoms with Crippen molar-refractivity contribution < 1.29 is 9.53 Å². The topological polar surface area (TPSA) is 52.3 Å². The normalized spacial score (nSPS) is 21.8. The van der Waals surface area contributed by atoms with Gasteiger partial charge in [0.15, 0.2) is 6.61 Å². The second-order valence-corrected chi connectivity index (χ2v) is 4.33. The summed E-state index contributed by atoms with van der Waals surface area (Å²) in [5.41, 5.74) is 9.19. The van der Waals surface area contributed by atoms with Crippen molar-refractivity contribution in [3.8, 4) is 5.75 Å². The zero-order valence-electron chi connectivity index (χ0n) is 8.86. The fourth-order valence-electron chi connectivity index (χ4n) is 2.37. The van der Waals surface area contributed by atoms with Gasteiger partial charge in [-0.15, -0.1) is 12.4 Å². The zero-order chi connectivity index (χ0) is 10.4. The van der Waals surface area contributed by atoms with Gasteiger partial charge < -0.3 is 10.5 Å². The minimum Gasteiger partial charge on any atom is -0.485 e. The number of halogens is 1. The Bertz CT molecular complexity index is 445. The molecule has 1 unspecified atom stereocenters. The van der Waals surface area contributed by atoms with Crippen LogP contribution in [-0.4, -0.2) is 18.4 Å². The lowest BCUT2D eigenvalue weighted by atomic mass is 9.87. The van der Waals surface area contributed by atoms with Crippen LogP contribution >= 0.6 is 12.4 Å². The van der Waals surface area contributed by atoms with E-state index >= 15 is 0 Å². The SMILES string of the molecule is Cl.NC1CCc2cc3c(cc2C1)OCC3=O. The molecule has 1 atom stereocenters. The van der Waals surface area contributed by atoms with E-state index in [1.165, 1.54) is 11.1 Å². The maximum atomic E-state index is 11.5. The lowest BCUT2D eigenvalue weighted by Crippen LogP contribution is -2.27. The predicted molar refractivity (Wildman–Crippen MR) is 63.5 cm³/mol. The first-order valence-electron chi connectivity index (χ1n) is 5.31. The van der Waals surface area contributed by atoms with E-state index in [0.29, 0.717) is 0 Å². The van der Waals surface area contributed by atoms with E-state index in [9.17, 15) is 4.79 Å². The molecule has 3 rings (SSSR count). The average molecular weight is 240 g/mol. The molecule has 0 amide bonds. The van der Waals surface area contributed by atoms with Crippen LogP contribution in [0, 0.1) is 0 Å². The fourth-order valence-corrected chi connectivity index (χ4v) is 2.37. The Balaban J connectivity index is 0.000000963. The molecule has 3 nitrogen and oxygen atoms in total. The van der Waals surface area contributed by atoms with E-state index in [0.717, 1.165) is 30.6 Å². The third kappa shape index (κ3) is 1.70. The van der Waals surface area contributed by atoms with Crippen LogP contribution in [0.25, 0.3) is 0 Å². The summed E-state index contributed by atoms with van der Waals surface area (Å²) in [7, 11) is 0. The number of rotatable bonds is 0. The van der Waals surface area contributed by atoms with Crippen LogP contribution in [0.4, 0.5) is 0 Å². The van der Waals surface area contributed by atoms with Crippen molar-refractivity contribution in [3.05, 3.63) is 28.8 Å². The first-order valence-corrected chi connectivity index (χ1v) is 5.31. The largest absolute Gasteiger partial charge is 0.485 e. The van der Waals surface area contributed by atoms with E-state index in [2.05, 4.69) is 0 Å². The van der Waals surface area contributed by atoms with Crippen LogP contribution in [0.15, 0.2) is 12.1 Å². The number of carbonyl (C=O) groups is 1. The van der Waals surface area contributed by atoms with Gasteiger partial charge >= 0.3 is 0 Å². The van der Waals surface area contributed by atoms with Crippen LogP contribution in [0.3, 0.4) is 0 Å². The summed E-state index contributed by atoms with van der Waals surface area (Å²) >= 11 is 0. The first-order chi connectivity index (χ1) is 7.24. The summed E-state index contributed by atoms with van der Waals surface area (Å²) < 4.78 is 5.32. The molecule has 0 saturated carbocycles. The molecule has 0 fully saturated rings. The second-order valence-electron chi connectivity index (χ2n) is 4.33. The molecule has 1 heterocycles. The molecule has 2 N–H and O–H groups in total. The van der Waals surface area contributed by atoms with Gasteiger partial charge in [-0.2, -0.15) is 0 Å². The smallest absolute Gasteiger partial charge is 0.203 e. The molecule has 0 spiro atoms. The van der Waals surface area contributed by atoms with Crippen molar-refractivity contribution in [2.75, 3.05) is 6.61 Å². The van der Waals surface area contributed by atoms with Gasteiger partial charge in [-0.3, -0.25) is 4.79 Å². The molecule has 16 heavy (non-hydrogen) atoms. The van der Waals surface area contributed by atoms with Crippen LogP contribution < -0.4 is 10.5 Å². The molecular formula is C12H14ClNO2. The highest BCUT2D eigenvalue weighted by Gasteiger charge is 2.25. The molecule has 0 aromatic heterocycles. The van der Waals surface area contributed by atoms with Gasteiger partial charge in [-0.05, 0) is 42.5 Å². The highest BCUT2D eigenvalue weighted by molar-refractivity contribution is 6.02. The van der Waals surface area contributed by atoms with Crippen molar-refractivity contribution in [3.63, 3.8) is 0 Å². The number of Topliss-reactive ketones (excluding diaryl/α,β-unsaturated/α-hetero) is 1. The molecule has 0 bridgehead atoms. The Morgan fingerprint density at radius 2 is 2.12 bits per heavy atom. The number of aryl methyl sites for hydroxylation is 1. The lowest BCUT2D eigenvalue weighted by Gasteiger charge is -2.21. The van der Waals surface area contributed by atoms with Crippen LogP contribution in [-0.2, 0) is 12.8 Å². The van der Waals surface area contributed by atoms with Gasteiger partial charge in [0, 0.05) is 6.04 Å². The van der Waals surface area contributed by atoms with Gasteiger partial charge in [0.2, 0.25) is 5.78 Å². The third-order valence-electron chi connectivity index (χ3n) is 3.23. The molecular weight excluding hydrogens is 226 g/mol. The Morgan fingerprint density at radius 1 is 1.31 bits per heavy atom. The summed E-state index contributed by atoms with van der Waals surface area (Å²) in [5, 5.41) is 0. The quantitative estimate of drug-likeness (QED) is 0.747. The third-order valence-corrected chi connectivity index (χ3v) is 3.23. The number of fused-ring (bicyclic) bond motifs is 2. The van der Waals surface area contributed by atoms with Gasteiger partial charge in [0.25, 0.3) is 0 Å². The van der Waals surface area contributed by atoms with Crippen LogP contribution in [0.1, 0.15) is 27.9 Å². The Kier molecular flexibility index (Phi) is 2.91. The van der Waals surface area contributed by atoms with Crippen molar-refractivity contribution in [2.45, 2.75) is 25.3 Å². The second kappa shape index (κ2) is 4.07. The summed E-state index contributed by atoms with van der Waals surface area (Å²) in [6, 6.07) is 4.24. The highest BCUT2D eigenvalue weighted by Crippen LogP contribution is 2.32. The molecule has 1 aliphatic heterocycles. The molecule has 0 saturated heterocycles. The van der Waals surface area contributed by atoms with E-state index < -0.39 is 0 Å². The molecule has 1 aromatic rings. The van der Waals surface area contributed by atoms with Gasteiger partial charge in [0.05, 0.1) is 5.56 Å². The number of hydrogen-bond acceptors (Lipinski definition) is 3. The lowest BCUT2D eigenvalue weighted by molar-refractivity contribution is 0.0961. The summed E-state index contributed by atoms with van der Waals surface area (Å²) in [5.74, 6) is 0.843. The minimum atomic E-state index is 0. The van der Waals surface area contributed by atoms with Crippen molar-refractivity contribution >= 4 is 18.2 Å². The summed E-state index contributed by atoms with van der Waals surface area (Å²) in [6.45, 7) is 0.199. The monoisotopic (exact) mass is 239 g/mol. The van der Waals surface area contributed by atoms with Crippen molar-refractivity contribution in [2.24, 2.45) is 5.73 Å². The van der Waals surface area contributed by atoms with E-state index in [1.54, 1.807) is 0 Å². The van der Waals surface area contributed by atoms with E-state index in [4.69, 9.17) is 10.5 Å². The summed E-state index contributed by atoms with van der Waals surface area (Å²) in [4.78, 5) is 11.5. The number of carbonyl (C=O) groups excluding carboxylic acids is 1.